The molecule has 0 amide bonds. The largest absolute Gasteiger partial charge is 0.275 e. The van der Waals surface area contributed by atoms with Gasteiger partial charge in [-0.15, -0.1) is 0 Å². The van der Waals surface area contributed by atoms with E-state index < -0.39 is 0 Å². The number of benzene rings is 1. The summed E-state index contributed by atoms with van der Waals surface area (Å²) in [4.78, 5) is 0. The Morgan fingerprint density at radius 3 is 2.79 bits per heavy atom. The minimum atomic E-state index is -0.344. The average Bonchev–Trinajstić information content (AvgIpc) is 2.68. The van der Waals surface area contributed by atoms with E-state index in [1.54, 1.807) is 10.7 Å². The molecule has 1 aromatic carbocycles. The first-order valence-corrected chi connectivity index (χ1v) is 6.29. The Balaban J connectivity index is 2.26. The number of hydrogen-bond acceptors (Lipinski definition) is 3. The molecule has 0 bridgehead atoms. The summed E-state index contributed by atoms with van der Waals surface area (Å²) in [6, 6.07) is 4.26. The number of halogens is 2. The molecule has 2 aromatic rings. The SMILES string of the molecule is Cc1nn(C)cc1C(Cc1ccc(F)cc1Cl)NN. The number of aryl methyl sites for hydroxylation is 2. The van der Waals surface area contributed by atoms with Crippen LogP contribution in [0.4, 0.5) is 4.39 Å². The number of nitrogens with one attached hydrogen (secondary N) is 1. The first kappa shape index (κ1) is 14.0. The van der Waals surface area contributed by atoms with Gasteiger partial charge in [0.25, 0.3) is 0 Å². The Hall–Kier alpha value is -1.43. The summed E-state index contributed by atoms with van der Waals surface area (Å²) in [6.07, 6.45) is 2.49. The van der Waals surface area contributed by atoms with E-state index >= 15 is 0 Å². The molecule has 0 radical (unpaired) electrons. The fraction of sp³-hybridized carbons (Fsp3) is 0.308. The van der Waals surface area contributed by atoms with Crippen LogP contribution in [0, 0.1) is 12.7 Å². The molecule has 3 N–H and O–H groups in total. The van der Waals surface area contributed by atoms with Crippen LogP contribution in [0.1, 0.15) is 22.9 Å². The molecule has 0 spiro atoms. The van der Waals surface area contributed by atoms with E-state index in [-0.39, 0.29) is 11.9 Å². The normalized spacial score (nSPS) is 12.7. The Kier molecular flexibility index (Phi) is 4.19. The second-order valence-corrected chi connectivity index (χ2v) is 4.91. The van der Waals surface area contributed by atoms with Crippen molar-refractivity contribution in [3.8, 4) is 0 Å². The highest BCUT2D eigenvalue weighted by molar-refractivity contribution is 6.31. The Morgan fingerprint density at radius 1 is 1.53 bits per heavy atom. The van der Waals surface area contributed by atoms with Crippen LogP contribution in [0.15, 0.2) is 24.4 Å². The van der Waals surface area contributed by atoms with Gasteiger partial charge < -0.3 is 0 Å². The highest BCUT2D eigenvalue weighted by Crippen LogP contribution is 2.25. The van der Waals surface area contributed by atoms with Gasteiger partial charge in [0.15, 0.2) is 0 Å². The number of nitrogens with two attached hydrogens (primary N) is 1. The van der Waals surface area contributed by atoms with Crippen molar-refractivity contribution >= 4 is 11.6 Å². The predicted molar refractivity (Wildman–Crippen MR) is 73.1 cm³/mol. The highest BCUT2D eigenvalue weighted by atomic mass is 35.5. The Bertz CT molecular complexity index is 582. The van der Waals surface area contributed by atoms with Gasteiger partial charge in [-0.1, -0.05) is 17.7 Å². The van der Waals surface area contributed by atoms with Crippen LogP contribution in [0.25, 0.3) is 0 Å². The summed E-state index contributed by atoms with van der Waals surface area (Å²) in [5.41, 5.74) is 5.51. The topological polar surface area (TPSA) is 55.9 Å². The van der Waals surface area contributed by atoms with Gasteiger partial charge in [0.2, 0.25) is 0 Å². The third-order valence-corrected chi connectivity index (χ3v) is 3.42. The van der Waals surface area contributed by atoms with Crippen LogP contribution in [0.5, 0.6) is 0 Å². The smallest absolute Gasteiger partial charge is 0.124 e. The average molecular weight is 283 g/mol. The second-order valence-electron chi connectivity index (χ2n) is 4.50. The lowest BCUT2D eigenvalue weighted by Gasteiger charge is -2.16. The zero-order valence-corrected chi connectivity index (χ0v) is 11.6. The van der Waals surface area contributed by atoms with Gasteiger partial charge in [-0.3, -0.25) is 16.0 Å². The molecule has 0 saturated carbocycles. The van der Waals surface area contributed by atoms with Gasteiger partial charge in [0.1, 0.15) is 5.82 Å². The van der Waals surface area contributed by atoms with Crippen molar-refractivity contribution in [2.45, 2.75) is 19.4 Å². The summed E-state index contributed by atoms with van der Waals surface area (Å²) < 4.78 is 14.8. The van der Waals surface area contributed by atoms with Crippen molar-refractivity contribution in [2.24, 2.45) is 12.9 Å². The van der Waals surface area contributed by atoms with Crippen molar-refractivity contribution < 1.29 is 4.39 Å². The summed E-state index contributed by atoms with van der Waals surface area (Å²) in [6.45, 7) is 1.92. The van der Waals surface area contributed by atoms with Gasteiger partial charge >= 0.3 is 0 Å². The van der Waals surface area contributed by atoms with Crippen molar-refractivity contribution in [1.82, 2.24) is 15.2 Å². The summed E-state index contributed by atoms with van der Waals surface area (Å²) in [5.74, 6) is 5.26. The van der Waals surface area contributed by atoms with Crippen molar-refractivity contribution in [1.29, 1.82) is 0 Å². The van der Waals surface area contributed by atoms with E-state index in [9.17, 15) is 4.39 Å². The van der Waals surface area contributed by atoms with E-state index in [0.717, 1.165) is 16.8 Å². The number of aromatic nitrogens is 2. The van der Waals surface area contributed by atoms with E-state index in [1.807, 2.05) is 20.2 Å². The van der Waals surface area contributed by atoms with Gasteiger partial charge in [-0.25, -0.2) is 4.39 Å². The van der Waals surface area contributed by atoms with E-state index in [2.05, 4.69) is 10.5 Å². The monoisotopic (exact) mass is 282 g/mol. The second kappa shape index (κ2) is 5.69. The third kappa shape index (κ3) is 3.12. The molecular formula is C13H16ClFN4. The molecule has 2 rings (SSSR count). The van der Waals surface area contributed by atoms with Gasteiger partial charge in [0, 0.05) is 23.8 Å². The van der Waals surface area contributed by atoms with Crippen LogP contribution >= 0.6 is 11.6 Å². The molecule has 1 aromatic heterocycles. The molecular weight excluding hydrogens is 267 g/mol. The molecule has 0 fully saturated rings. The molecule has 4 nitrogen and oxygen atoms in total. The standard InChI is InChI=1S/C13H16ClFN4/c1-8-11(7-19(2)18-8)13(17-16)5-9-3-4-10(15)6-12(9)14/h3-4,6-7,13,17H,5,16H2,1-2H3. The number of hydrogen-bond donors (Lipinski definition) is 2. The molecule has 0 aliphatic heterocycles. The van der Waals surface area contributed by atoms with Crippen molar-refractivity contribution in [3.63, 3.8) is 0 Å². The number of hydrazine groups is 1. The van der Waals surface area contributed by atoms with Crippen LogP contribution in [-0.4, -0.2) is 9.78 Å². The molecule has 102 valence electrons. The molecule has 1 unspecified atom stereocenters. The van der Waals surface area contributed by atoms with E-state index in [4.69, 9.17) is 17.4 Å². The fourth-order valence-corrected chi connectivity index (χ4v) is 2.37. The minimum Gasteiger partial charge on any atom is -0.275 e. The molecule has 1 heterocycles. The molecule has 1 atom stereocenters. The lowest BCUT2D eigenvalue weighted by atomic mass is 10.00. The number of rotatable bonds is 4. The zero-order chi connectivity index (χ0) is 14.0. The van der Waals surface area contributed by atoms with Gasteiger partial charge in [0.05, 0.1) is 11.7 Å². The van der Waals surface area contributed by atoms with Crippen LogP contribution in [-0.2, 0) is 13.5 Å². The lowest BCUT2D eigenvalue weighted by Crippen LogP contribution is -2.30. The molecule has 0 saturated heterocycles. The van der Waals surface area contributed by atoms with Crippen LogP contribution < -0.4 is 11.3 Å². The molecule has 0 aliphatic carbocycles. The highest BCUT2D eigenvalue weighted by Gasteiger charge is 2.17. The van der Waals surface area contributed by atoms with Crippen LogP contribution in [0.2, 0.25) is 5.02 Å². The fourth-order valence-electron chi connectivity index (χ4n) is 2.13. The predicted octanol–water partition coefficient (Wildman–Crippen LogP) is 2.27. The lowest BCUT2D eigenvalue weighted by molar-refractivity contribution is 0.548. The quantitative estimate of drug-likeness (QED) is 0.668. The molecule has 6 heteroatoms. The van der Waals surface area contributed by atoms with E-state index in [1.165, 1.54) is 12.1 Å². The Morgan fingerprint density at radius 2 is 2.26 bits per heavy atom. The van der Waals surface area contributed by atoms with Crippen molar-refractivity contribution in [3.05, 3.63) is 52.1 Å². The summed E-state index contributed by atoms with van der Waals surface area (Å²) in [5, 5.41) is 4.69. The third-order valence-electron chi connectivity index (χ3n) is 3.07. The molecule has 0 aliphatic rings. The maximum absolute atomic E-state index is 13.0. The van der Waals surface area contributed by atoms with Gasteiger partial charge in [-0.2, -0.15) is 5.10 Å². The maximum Gasteiger partial charge on any atom is 0.124 e. The van der Waals surface area contributed by atoms with E-state index in [0.29, 0.717) is 11.4 Å². The summed E-state index contributed by atoms with van der Waals surface area (Å²) in [7, 11) is 1.86. The first-order valence-electron chi connectivity index (χ1n) is 5.91. The Labute approximate surface area is 116 Å². The van der Waals surface area contributed by atoms with Crippen molar-refractivity contribution in [2.75, 3.05) is 0 Å². The number of nitrogens with zero attached hydrogens (tertiary/aromatic N) is 2. The zero-order valence-electron chi connectivity index (χ0n) is 10.8. The van der Waals surface area contributed by atoms with Crippen LogP contribution in [0.3, 0.4) is 0 Å². The minimum absolute atomic E-state index is 0.114. The molecule has 19 heavy (non-hydrogen) atoms. The maximum atomic E-state index is 13.0. The van der Waals surface area contributed by atoms with Gasteiger partial charge in [-0.05, 0) is 31.0 Å². The summed E-state index contributed by atoms with van der Waals surface area (Å²) >= 11 is 6.03. The first-order chi connectivity index (χ1) is 9.01.